The molecular weight excluding hydrogens is 326 g/mol. The van der Waals surface area contributed by atoms with Crippen LogP contribution in [0.1, 0.15) is 36.3 Å². The lowest BCUT2D eigenvalue weighted by atomic mass is 10.1. The fourth-order valence-electron chi connectivity index (χ4n) is 3.37. The van der Waals surface area contributed by atoms with Crippen molar-refractivity contribution in [2.75, 3.05) is 11.4 Å². The molecule has 3 aromatic rings. The van der Waals surface area contributed by atoms with Crippen LogP contribution in [-0.4, -0.2) is 22.6 Å². The van der Waals surface area contributed by atoms with Crippen molar-refractivity contribution >= 4 is 11.6 Å². The normalized spacial score (nSPS) is 17.1. The molecule has 132 valence electrons. The number of aromatic nitrogens is 2. The molecule has 0 radical (unpaired) electrons. The molecule has 1 atom stereocenters. The Morgan fingerprint density at radius 1 is 1.15 bits per heavy atom. The number of amides is 1. The predicted molar refractivity (Wildman–Crippen MR) is 100 cm³/mol. The average molecular weight is 347 g/mol. The van der Waals surface area contributed by atoms with E-state index in [0.29, 0.717) is 24.7 Å². The maximum Gasteiger partial charge on any atom is 0.232 e. The van der Waals surface area contributed by atoms with E-state index in [0.717, 1.165) is 23.2 Å². The van der Waals surface area contributed by atoms with Crippen LogP contribution in [0.25, 0.3) is 11.4 Å². The first-order chi connectivity index (χ1) is 12.7. The van der Waals surface area contributed by atoms with Gasteiger partial charge in [0.25, 0.3) is 0 Å². The average Bonchev–Trinajstić information content (AvgIpc) is 3.29. The van der Waals surface area contributed by atoms with Gasteiger partial charge in [-0.2, -0.15) is 4.98 Å². The third-order valence-corrected chi connectivity index (χ3v) is 4.96. The summed E-state index contributed by atoms with van der Waals surface area (Å²) in [6.07, 6.45) is 1.38. The fraction of sp³-hybridized carbons (Fsp3) is 0.286. The Morgan fingerprint density at radius 2 is 1.92 bits per heavy atom. The molecule has 0 saturated carbocycles. The van der Waals surface area contributed by atoms with Gasteiger partial charge >= 0.3 is 0 Å². The molecule has 2 heterocycles. The Hall–Kier alpha value is -2.95. The van der Waals surface area contributed by atoms with E-state index in [1.807, 2.05) is 48.2 Å². The van der Waals surface area contributed by atoms with E-state index in [1.54, 1.807) is 0 Å². The molecule has 1 saturated heterocycles. The van der Waals surface area contributed by atoms with Crippen molar-refractivity contribution in [1.82, 2.24) is 10.1 Å². The molecule has 5 heteroatoms. The SMILES string of the molecule is CCc1ccc(N2CC(c3nc(-c4ccccc4C)no3)CC2=O)cc1. The van der Waals surface area contributed by atoms with Crippen molar-refractivity contribution in [1.29, 1.82) is 0 Å². The Bertz CT molecular complexity index is 930. The van der Waals surface area contributed by atoms with Gasteiger partial charge in [-0.3, -0.25) is 4.79 Å². The highest BCUT2D eigenvalue weighted by Gasteiger charge is 2.35. The first-order valence-electron chi connectivity index (χ1n) is 8.94. The monoisotopic (exact) mass is 347 g/mol. The van der Waals surface area contributed by atoms with Crippen LogP contribution in [0.3, 0.4) is 0 Å². The van der Waals surface area contributed by atoms with Gasteiger partial charge in [-0.1, -0.05) is 48.5 Å². The molecule has 0 bridgehead atoms. The molecular formula is C21H21N3O2. The Balaban J connectivity index is 1.55. The number of aryl methyl sites for hydroxylation is 2. The summed E-state index contributed by atoms with van der Waals surface area (Å²) in [7, 11) is 0. The number of rotatable bonds is 4. The van der Waals surface area contributed by atoms with Gasteiger partial charge in [0.2, 0.25) is 17.6 Å². The summed E-state index contributed by atoms with van der Waals surface area (Å²) < 4.78 is 5.49. The van der Waals surface area contributed by atoms with Crippen LogP contribution < -0.4 is 4.90 Å². The predicted octanol–water partition coefficient (Wildman–Crippen LogP) is 4.13. The molecule has 1 amide bonds. The topological polar surface area (TPSA) is 59.2 Å². The van der Waals surface area contributed by atoms with Gasteiger partial charge in [0.15, 0.2) is 0 Å². The summed E-state index contributed by atoms with van der Waals surface area (Å²) in [6, 6.07) is 16.1. The fourth-order valence-corrected chi connectivity index (χ4v) is 3.37. The second kappa shape index (κ2) is 6.75. The van der Waals surface area contributed by atoms with Gasteiger partial charge in [-0.15, -0.1) is 0 Å². The van der Waals surface area contributed by atoms with Gasteiger partial charge < -0.3 is 9.42 Å². The molecule has 1 aromatic heterocycles. The number of nitrogens with zero attached hydrogens (tertiary/aromatic N) is 3. The number of carbonyl (C=O) groups excluding carboxylic acids is 1. The van der Waals surface area contributed by atoms with E-state index < -0.39 is 0 Å². The summed E-state index contributed by atoms with van der Waals surface area (Å²) in [5.41, 5.74) is 4.24. The zero-order valence-corrected chi connectivity index (χ0v) is 15.0. The summed E-state index contributed by atoms with van der Waals surface area (Å²) in [5, 5.41) is 4.12. The number of anilines is 1. The van der Waals surface area contributed by atoms with E-state index in [-0.39, 0.29) is 11.8 Å². The maximum atomic E-state index is 12.5. The molecule has 4 rings (SSSR count). The maximum absolute atomic E-state index is 12.5. The second-order valence-corrected chi connectivity index (χ2v) is 6.70. The van der Waals surface area contributed by atoms with E-state index >= 15 is 0 Å². The number of carbonyl (C=O) groups is 1. The molecule has 1 fully saturated rings. The highest BCUT2D eigenvalue weighted by atomic mass is 16.5. The Labute approximate surface area is 152 Å². The highest BCUT2D eigenvalue weighted by Crippen LogP contribution is 2.32. The van der Waals surface area contributed by atoms with Crippen molar-refractivity contribution in [3.8, 4) is 11.4 Å². The Kier molecular flexibility index (Phi) is 4.29. The van der Waals surface area contributed by atoms with E-state index in [9.17, 15) is 4.79 Å². The summed E-state index contributed by atoms with van der Waals surface area (Å²) >= 11 is 0. The van der Waals surface area contributed by atoms with Crippen molar-refractivity contribution in [2.45, 2.75) is 32.6 Å². The molecule has 1 aliphatic heterocycles. The second-order valence-electron chi connectivity index (χ2n) is 6.70. The van der Waals surface area contributed by atoms with Gasteiger partial charge in [-0.25, -0.2) is 0 Å². The molecule has 0 aliphatic carbocycles. The van der Waals surface area contributed by atoms with Gasteiger partial charge in [-0.05, 0) is 36.6 Å². The standard InChI is InChI=1S/C21H21N3O2/c1-3-15-8-10-17(11-9-15)24-13-16(12-19(24)25)21-22-20(23-26-21)18-7-5-4-6-14(18)2/h4-11,16H,3,12-13H2,1-2H3. The molecule has 2 aromatic carbocycles. The lowest BCUT2D eigenvalue weighted by Gasteiger charge is -2.16. The number of benzene rings is 2. The third-order valence-electron chi connectivity index (χ3n) is 4.96. The van der Waals surface area contributed by atoms with Crippen molar-refractivity contribution in [2.24, 2.45) is 0 Å². The number of hydrogen-bond acceptors (Lipinski definition) is 4. The lowest BCUT2D eigenvalue weighted by Crippen LogP contribution is -2.24. The minimum atomic E-state index is -0.0707. The van der Waals surface area contributed by atoms with Crippen molar-refractivity contribution in [3.63, 3.8) is 0 Å². The van der Waals surface area contributed by atoms with E-state index in [1.165, 1.54) is 5.56 Å². The highest BCUT2D eigenvalue weighted by molar-refractivity contribution is 5.96. The van der Waals surface area contributed by atoms with Gasteiger partial charge in [0, 0.05) is 24.2 Å². The van der Waals surface area contributed by atoms with Gasteiger partial charge in [0.05, 0.1) is 5.92 Å². The third kappa shape index (κ3) is 3.01. The van der Waals surface area contributed by atoms with Crippen molar-refractivity contribution < 1.29 is 9.32 Å². The van der Waals surface area contributed by atoms with Crippen LogP contribution in [0.2, 0.25) is 0 Å². The molecule has 26 heavy (non-hydrogen) atoms. The zero-order valence-electron chi connectivity index (χ0n) is 15.0. The van der Waals surface area contributed by atoms with E-state index in [4.69, 9.17) is 4.52 Å². The summed E-state index contributed by atoms with van der Waals surface area (Å²) in [6.45, 7) is 4.71. The molecule has 0 spiro atoms. The van der Waals surface area contributed by atoms with E-state index in [2.05, 4.69) is 29.2 Å². The lowest BCUT2D eigenvalue weighted by molar-refractivity contribution is -0.117. The first-order valence-corrected chi connectivity index (χ1v) is 8.94. The van der Waals surface area contributed by atoms with Crippen LogP contribution in [0.5, 0.6) is 0 Å². The van der Waals surface area contributed by atoms with Crippen LogP contribution in [0, 0.1) is 6.92 Å². The molecule has 5 nitrogen and oxygen atoms in total. The largest absolute Gasteiger partial charge is 0.339 e. The molecule has 0 N–H and O–H groups in total. The smallest absolute Gasteiger partial charge is 0.232 e. The molecule has 1 unspecified atom stereocenters. The van der Waals surface area contributed by atoms with Gasteiger partial charge in [0.1, 0.15) is 0 Å². The first kappa shape index (κ1) is 16.5. The minimum Gasteiger partial charge on any atom is -0.339 e. The minimum absolute atomic E-state index is 0.0707. The van der Waals surface area contributed by atoms with Crippen LogP contribution in [0.4, 0.5) is 5.69 Å². The number of hydrogen-bond donors (Lipinski definition) is 0. The van der Waals surface area contributed by atoms with Crippen LogP contribution in [-0.2, 0) is 11.2 Å². The quantitative estimate of drug-likeness (QED) is 0.712. The van der Waals surface area contributed by atoms with Crippen molar-refractivity contribution in [3.05, 3.63) is 65.5 Å². The zero-order chi connectivity index (χ0) is 18.1. The molecule has 1 aliphatic rings. The summed E-state index contributed by atoms with van der Waals surface area (Å²) in [4.78, 5) is 18.8. The summed E-state index contributed by atoms with van der Waals surface area (Å²) in [5.74, 6) is 1.13. The van der Waals surface area contributed by atoms with Crippen LogP contribution in [0.15, 0.2) is 53.1 Å². The van der Waals surface area contributed by atoms with Crippen LogP contribution >= 0.6 is 0 Å². The Morgan fingerprint density at radius 3 is 2.65 bits per heavy atom.